The Morgan fingerprint density at radius 1 is 1.17 bits per heavy atom. The third-order valence-electron chi connectivity index (χ3n) is 2.64. The molecule has 0 aromatic carbocycles. The molecule has 12 heavy (non-hydrogen) atoms. The van der Waals surface area contributed by atoms with Gasteiger partial charge in [0, 0.05) is 6.92 Å². The van der Waals surface area contributed by atoms with E-state index in [9.17, 15) is 0 Å². The van der Waals surface area contributed by atoms with Gasteiger partial charge in [0.1, 0.15) is 0 Å². The largest absolute Gasteiger partial charge is 0.331 e. The van der Waals surface area contributed by atoms with Gasteiger partial charge in [-0.25, -0.2) is 0 Å². The number of nitrogens with zero attached hydrogens (tertiary/aromatic N) is 1. The summed E-state index contributed by atoms with van der Waals surface area (Å²) in [5.74, 6) is -0.567. The molecule has 1 aliphatic heterocycles. The van der Waals surface area contributed by atoms with Crippen molar-refractivity contribution >= 4 is 0 Å². The van der Waals surface area contributed by atoms with Gasteiger partial charge < -0.3 is 9.47 Å². The maximum absolute atomic E-state index is 5.81. The second-order valence-corrected chi connectivity index (χ2v) is 4.26. The highest BCUT2D eigenvalue weighted by molar-refractivity contribution is 4.86. The van der Waals surface area contributed by atoms with Gasteiger partial charge in [-0.3, -0.25) is 4.90 Å². The molecule has 3 heteroatoms. The van der Waals surface area contributed by atoms with Gasteiger partial charge in [-0.15, -0.1) is 0 Å². The predicted octanol–water partition coefficient (Wildman–Crippen LogP) is 1.44. The van der Waals surface area contributed by atoms with Crippen LogP contribution in [0.15, 0.2) is 0 Å². The van der Waals surface area contributed by atoms with E-state index < -0.39 is 5.91 Å². The summed E-state index contributed by atoms with van der Waals surface area (Å²) in [6.45, 7) is 8.08. The lowest BCUT2D eigenvalue weighted by Gasteiger charge is -2.31. The zero-order valence-corrected chi connectivity index (χ0v) is 8.84. The van der Waals surface area contributed by atoms with Crippen LogP contribution >= 0.6 is 0 Å². The van der Waals surface area contributed by atoms with Crippen molar-refractivity contribution in [1.82, 2.24) is 4.90 Å². The first-order valence-electron chi connectivity index (χ1n) is 4.33. The van der Waals surface area contributed by atoms with Crippen molar-refractivity contribution in [1.29, 1.82) is 0 Å². The van der Waals surface area contributed by atoms with Gasteiger partial charge >= 0.3 is 0 Å². The lowest BCUT2D eigenvalue weighted by molar-refractivity contribution is -0.251. The van der Waals surface area contributed by atoms with Crippen molar-refractivity contribution < 1.29 is 9.47 Å². The Morgan fingerprint density at radius 3 is 1.83 bits per heavy atom. The molecule has 1 rings (SSSR count). The third-order valence-corrected chi connectivity index (χ3v) is 2.64. The average molecular weight is 173 g/mol. The lowest BCUT2D eigenvalue weighted by Crippen LogP contribution is -2.43. The molecule has 0 aromatic heterocycles. The number of hydrogen-bond acceptors (Lipinski definition) is 3. The van der Waals surface area contributed by atoms with Crippen LogP contribution in [0.3, 0.4) is 0 Å². The van der Waals surface area contributed by atoms with Gasteiger partial charge in [0.25, 0.3) is 0 Å². The molecule has 0 N–H and O–H groups in total. The maximum Gasteiger partial charge on any atom is 0.227 e. The highest BCUT2D eigenvalue weighted by Crippen LogP contribution is 2.36. The second kappa shape index (κ2) is 2.69. The zero-order chi connectivity index (χ0) is 9.57. The van der Waals surface area contributed by atoms with Crippen molar-refractivity contribution in [2.45, 2.75) is 45.3 Å². The zero-order valence-electron chi connectivity index (χ0n) is 8.84. The molecule has 0 bridgehead atoms. The summed E-state index contributed by atoms with van der Waals surface area (Å²) in [6, 6.07) is 0. The van der Waals surface area contributed by atoms with Gasteiger partial charge in [0.2, 0.25) is 5.91 Å². The summed E-state index contributed by atoms with van der Waals surface area (Å²) < 4.78 is 11.5. The Morgan fingerprint density at radius 2 is 1.67 bits per heavy atom. The van der Waals surface area contributed by atoms with Crippen LogP contribution in [0.1, 0.15) is 27.7 Å². The molecule has 1 aliphatic rings. The maximum atomic E-state index is 5.81. The second-order valence-electron chi connectivity index (χ2n) is 4.26. The normalized spacial score (nSPS) is 40.8. The molecule has 1 unspecified atom stereocenters. The fourth-order valence-electron chi connectivity index (χ4n) is 1.26. The van der Waals surface area contributed by atoms with E-state index in [4.69, 9.17) is 9.47 Å². The van der Waals surface area contributed by atoms with E-state index in [0.717, 1.165) is 0 Å². The molecule has 1 saturated heterocycles. The molecular weight excluding hydrogens is 154 g/mol. The standard InChI is InChI=1S/C9H19NO2/c1-7-8(2,3)12-9(4,11-7)10(5)6/h7H,1-6H3/t7-,9?/m1/s1. The van der Waals surface area contributed by atoms with Crippen LogP contribution < -0.4 is 0 Å². The van der Waals surface area contributed by atoms with Crippen LogP contribution in [0.4, 0.5) is 0 Å². The summed E-state index contributed by atoms with van der Waals surface area (Å²) in [6.07, 6.45) is 0.130. The van der Waals surface area contributed by atoms with E-state index in [2.05, 4.69) is 0 Å². The summed E-state index contributed by atoms with van der Waals surface area (Å²) >= 11 is 0. The van der Waals surface area contributed by atoms with Crippen molar-refractivity contribution in [3.8, 4) is 0 Å². The highest BCUT2D eigenvalue weighted by atomic mass is 16.8. The summed E-state index contributed by atoms with van der Waals surface area (Å²) in [4.78, 5) is 1.94. The molecule has 1 fully saturated rings. The summed E-state index contributed by atoms with van der Waals surface area (Å²) in [5.41, 5.74) is -0.195. The molecule has 2 atom stereocenters. The topological polar surface area (TPSA) is 21.7 Å². The van der Waals surface area contributed by atoms with Crippen LogP contribution in [-0.4, -0.2) is 36.6 Å². The van der Waals surface area contributed by atoms with Crippen LogP contribution in [0.5, 0.6) is 0 Å². The Labute approximate surface area is 74.6 Å². The minimum Gasteiger partial charge on any atom is -0.331 e. The van der Waals surface area contributed by atoms with Crippen molar-refractivity contribution in [3.63, 3.8) is 0 Å². The van der Waals surface area contributed by atoms with E-state index in [1.807, 2.05) is 46.7 Å². The molecule has 1 heterocycles. The fraction of sp³-hybridized carbons (Fsp3) is 1.00. The molecule has 0 saturated carbocycles. The van der Waals surface area contributed by atoms with E-state index >= 15 is 0 Å². The Balaban J connectivity index is 2.78. The van der Waals surface area contributed by atoms with Gasteiger partial charge in [-0.05, 0) is 34.9 Å². The number of ether oxygens (including phenoxy) is 2. The molecule has 0 aromatic rings. The van der Waals surface area contributed by atoms with Gasteiger partial charge in [-0.1, -0.05) is 0 Å². The highest BCUT2D eigenvalue weighted by Gasteiger charge is 2.48. The van der Waals surface area contributed by atoms with E-state index in [1.54, 1.807) is 0 Å². The molecule has 72 valence electrons. The van der Waals surface area contributed by atoms with Gasteiger partial charge in [0.05, 0.1) is 11.7 Å². The van der Waals surface area contributed by atoms with Crippen molar-refractivity contribution in [2.24, 2.45) is 0 Å². The smallest absolute Gasteiger partial charge is 0.227 e. The first-order chi connectivity index (χ1) is 5.28. The van der Waals surface area contributed by atoms with E-state index in [-0.39, 0.29) is 11.7 Å². The summed E-state index contributed by atoms with van der Waals surface area (Å²) in [5, 5.41) is 0. The molecule has 0 amide bonds. The molecule has 0 aliphatic carbocycles. The van der Waals surface area contributed by atoms with E-state index in [1.165, 1.54) is 0 Å². The van der Waals surface area contributed by atoms with Crippen LogP contribution in [0.2, 0.25) is 0 Å². The Kier molecular flexibility index (Phi) is 2.23. The molecule has 0 spiro atoms. The minimum atomic E-state index is -0.567. The third kappa shape index (κ3) is 1.49. The SMILES string of the molecule is C[C@H]1OC(C)(N(C)C)OC1(C)C. The lowest BCUT2D eigenvalue weighted by atomic mass is 10.0. The predicted molar refractivity (Wildman–Crippen MR) is 47.8 cm³/mol. The van der Waals surface area contributed by atoms with Crippen molar-refractivity contribution in [3.05, 3.63) is 0 Å². The Hall–Kier alpha value is -0.120. The number of rotatable bonds is 1. The molecular formula is C9H19NO2. The molecule has 0 radical (unpaired) electrons. The molecule has 3 nitrogen and oxygen atoms in total. The van der Waals surface area contributed by atoms with Crippen LogP contribution in [0.25, 0.3) is 0 Å². The van der Waals surface area contributed by atoms with Crippen LogP contribution in [0, 0.1) is 0 Å². The first-order valence-corrected chi connectivity index (χ1v) is 4.33. The average Bonchev–Trinajstić information content (AvgIpc) is 2.03. The minimum absolute atomic E-state index is 0.130. The van der Waals surface area contributed by atoms with Gasteiger partial charge in [0.15, 0.2) is 0 Å². The first kappa shape index (κ1) is 9.96. The Bertz CT molecular complexity index is 179. The quantitative estimate of drug-likeness (QED) is 0.599. The monoisotopic (exact) mass is 173 g/mol. The van der Waals surface area contributed by atoms with Gasteiger partial charge in [-0.2, -0.15) is 0 Å². The summed E-state index contributed by atoms with van der Waals surface area (Å²) in [7, 11) is 3.90. The fourth-order valence-corrected chi connectivity index (χ4v) is 1.26. The van der Waals surface area contributed by atoms with Crippen molar-refractivity contribution in [2.75, 3.05) is 14.1 Å². The van der Waals surface area contributed by atoms with Crippen LogP contribution in [-0.2, 0) is 9.47 Å². The van der Waals surface area contributed by atoms with E-state index in [0.29, 0.717) is 0 Å². The number of hydrogen-bond donors (Lipinski definition) is 0.